The average Bonchev–Trinajstić information content (AvgIpc) is 3.14. The first-order chi connectivity index (χ1) is 15.2. The summed E-state index contributed by atoms with van der Waals surface area (Å²) >= 11 is 0. The van der Waals surface area contributed by atoms with E-state index in [9.17, 15) is 9.59 Å². The Morgan fingerprint density at radius 1 is 1.16 bits per heavy atom. The number of esters is 1. The second-order valence-corrected chi connectivity index (χ2v) is 8.35. The van der Waals surface area contributed by atoms with E-state index >= 15 is 0 Å². The second-order valence-electron chi connectivity index (χ2n) is 8.35. The maximum Gasteiger partial charge on any atom is 0.407 e. The number of fused-ring (bicyclic) bond motifs is 1. The van der Waals surface area contributed by atoms with E-state index in [1.807, 2.05) is 30.3 Å². The van der Waals surface area contributed by atoms with Gasteiger partial charge in [0.15, 0.2) is 11.5 Å². The quantitative estimate of drug-likeness (QED) is 0.511. The third-order valence-electron chi connectivity index (χ3n) is 4.52. The molecule has 0 unspecified atom stereocenters. The number of nitrogen functional groups attached to an aromatic ring is 1. The molecule has 0 aliphatic carbocycles. The lowest BCUT2D eigenvalue weighted by atomic mass is 10.1. The number of aryl methyl sites for hydroxylation is 1. The lowest BCUT2D eigenvalue weighted by molar-refractivity contribution is -0.155. The molecular formula is C22H28N6O4. The minimum atomic E-state index is -0.621. The minimum absolute atomic E-state index is 0.00145. The van der Waals surface area contributed by atoms with Crippen LogP contribution in [0.4, 0.5) is 10.6 Å². The molecule has 32 heavy (non-hydrogen) atoms. The van der Waals surface area contributed by atoms with Crippen LogP contribution in [-0.4, -0.2) is 43.2 Å². The zero-order valence-electron chi connectivity index (χ0n) is 18.4. The van der Waals surface area contributed by atoms with E-state index in [2.05, 4.69) is 20.3 Å². The first-order valence-corrected chi connectivity index (χ1v) is 10.3. The summed E-state index contributed by atoms with van der Waals surface area (Å²) in [4.78, 5) is 37.1. The number of hydrogen-bond acceptors (Lipinski definition) is 8. The summed E-state index contributed by atoms with van der Waals surface area (Å²) < 4.78 is 12.5. The van der Waals surface area contributed by atoms with Crippen LogP contribution in [-0.2, 0) is 27.4 Å². The second kappa shape index (κ2) is 10.1. The first-order valence-electron chi connectivity index (χ1n) is 10.3. The number of nitrogens with one attached hydrogen (secondary N) is 1. The Morgan fingerprint density at radius 3 is 2.62 bits per heavy atom. The number of imidazole rings is 1. The minimum Gasteiger partial charge on any atom is -0.460 e. The Bertz CT molecular complexity index is 1060. The Kier molecular flexibility index (Phi) is 7.24. The summed E-state index contributed by atoms with van der Waals surface area (Å²) in [7, 11) is 0. The van der Waals surface area contributed by atoms with Gasteiger partial charge in [0, 0.05) is 12.6 Å². The lowest BCUT2D eigenvalue weighted by Gasteiger charge is -2.23. The van der Waals surface area contributed by atoms with Crippen molar-refractivity contribution in [1.82, 2.24) is 24.8 Å². The van der Waals surface area contributed by atoms with Gasteiger partial charge in [0.05, 0.1) is 12.7 Å². The van der Waals surface area contributed by atoms with Gasteiger partial charge in [0.1, 0.15) is 24.1 Å². The normalized spacial score (nSPS) is 12.3. The van der Waals surface area contributed by atoms with Gasteiger partial charge in [0.25, 0.3) is 0 Å². The highest BCUT2D eigenvalue weighted by atomic mass is 16.6. The molecule has 1 atom stereocenters. The monoisotopic (exact) mass is 440 g/mol. The fraction of sp³-hybridized carbons (Fsp3) is 0.409. The largest absolute Gasteiger partial charge is 0.460 e. The summed E-state index contributed by atoms with van der Waals surface area (Å²) in [6.45, 7) is 5.96. The van der Waals surface area contributed by atoms with Crippen molar-refractivity contribution in [2.24, 2.45) is 0 Å². The fourth-order valence-corrected chi connectivity index (χ4v) is 3.10. The highest BCUT2D eigenvalue weighted by molar-refractivity contribution is 5.81. The molecule has 1 aromatic carbocycles. The maximum absolute atomic E-state index is 12.4. The molecule has 0 bridgehead atoms. The molecule has 0 saturated carbocycles. The third-order valence-corrected chi connectivity index (χ3v) is 4.52. The van der Waals surface area contributed by atoms with Crippen molar-refractivity contribution in [1.29, 1.82) is 0 Å². The Balaban J connectivity index is 1.64. The van der Waals surface area contributed by atoms with E-state index in [0.29, 0.717) is 29.9 Å². The molecule has 0 aliphatic heterocycles. The molecule has 10 nitrogen and oxygen atoms in total. The van der Waals surface area contributed by atoms with E-state index in [4.69, 9.17) is 15.2 Å². The van der Waals surface area contributed by atoms with Crippen LogP contribution >= 0.6 is 0 Å². The summed E-state index contributed by atoms with van der Waals surface area (Å²) in [6.07, 6.45) is 2.79. The number of nitrogens with two attached hydrogens (primary N) is 1. The average molecular weight is 441 g/mol. The van der Waals surface area contributed by atoms with E-state index < -0.39 is 23.7 Å². The van der Waals surface area contributed by atoms with Gasteiger partial charge in [-0.05, 0) is 32.8 Å². The van der Waals surface area contributed by atoms with Crippen LogP contribution in [0, 0.1) is 0 Å². The molecular weight excluding hydrogens is 412 g/mol. The highest BCUT2D eigenvalue weighted by Crippen LogP contribution is 2.16. The topological polar surface area (TPSA) is 134 Å². The number of anilines is 1. The number of alkyl carbamates (subject to hydrolysis) is 1. The molecule has 0 aliphatic rings. The predicted molar refractivity (Wildman–Crippen MR) is 118 cm³/mol. The maximum atomic E-state index is 12.4. The van der Waals surface area contributed by atoms with Crippen LogP contribution in [0.1, 0.15) is 39.2 Å². The van der Waals surface area contributed by atoms with Crippen LogP contribution in [0.15, 0.2) is 43.0 Å². The number of nitrogens with zero attached hydrogens (tertiary/aromatic N) is 4. The van der Waals surface area contributed by atoms with Crippen molar-refractivity contribution in [3.05, 3.63) is 48.5 Å². The van der Waals surface area contributed by atoms with Gasteiger partial charge in [-0.1, -0.05) is 30.3 Å². The standard InChI is InChI=1S/C22H28N6O4/c1-22(2,3)32-17(29)11-16(27-21(30)31-12-15-7-5-4-6-8-15)9-10-28-14-26-18-19(23)24-13-25-20(18)28/h4-8,13-14,16H,9-12H2,1-3H3,(H,27,30)(H2,23,24,25)/t16-/m1/s1. The molecule has 3 aromatic rings. The van der Waals surface area contributed by atoms with Crippen LogP contribution in [0.5, 0.6) is 0 Å². The zero-order chi connectivity index (χ0) is 23.1. The predicted octanol–water partition coefficient (Wildman–Crippen LogP) is 2.83. The lowest BCUT2D eigenvalue weighted by Crippen LogP contribution is -2.39. The molecule has 0 radical (unpaired) electrons. The van der Waals surface area contributed by atoms with E-state index in [1.165, 1.54) is 6.33 Å². The SMILES string of the molecule is CC(C)(C)OC(=O)C[C@@H](CCn1cnc2c(N)ncnc21)NC(=O)OCc1ccccc1. The fourth-order valence-electron chi connectivity index (χ4n) is 3.10. The number of hydrogen-bond donors (Lipinski definition) is 2. The number of carbonyl (C=O) groups is 2. The first kappa shape index (κ1) is 23.0. The molecule has 3 N–H and O–H groups in total. The Morgan fingerprint density at radius 2 is 1.91 bits per heavy atom. The molecule has 2 heterocycles. The van der Waals surface area contributed by atoms with E-state index in [1.54, 1.807) is 31.7 Å². The highest BCUT2D eigenvalue weighted by Gasteiger charge is 2.23. The molecule has 170 valence electrons. The summed E-state index contributed by atoms with van der Waals surface area (Å²) in [5.41, 5.74) is 7.17. The number of rotatable bonds is 8. The van der Waals surface area contributed by atoms with Gasteiger partial charge in [-0.15, -0.1) is 0 Å². The van der Waals surface area contributed by atoms with Crippen molar-refractivity contribution in [2.45, 2.75) is 58.4 Å². The smallest absolute Gasteiger partial charge is 0.407 e. The van der Waals surface area contributed by atoms with Crippen LogP contribution in [0.3, 0.4) is 0 Å². The van der Waals surface area contributed by atoms with E-state index in [-0.39, 0.29) is 13.0 Å². The van der Waals surface area contributed by atoms with Crippen molar-refractivity contribution >= 4 is 29.0 Å². The number of aromatic nitrogens is 4. The van der Waals surface area contributed by atoms with Crippen molar-refractivity contribution in [2.75, 3.05) is 5.73 Å². The Labute approximate surface area is 186 Å². The molecule has 3 rings (SSSR count). The van der Waals surface area contributed by atoms with Gasteiger partial charge in [-0.25, -0.2) is 19.7 Å². The zero-order valence-corrected chi connectivity index (χ0v) is 18.4. The summed E-state index contributed by atoms with van der Waals surface area (Å²) in [5, 5.41) is 2.77. The number of benzene rings is 1. The van der Waals surface area contributed by atoms with Crippen molar-refractivity contribution < 1.29 is 19.1 Å². The molecule has 0 fully saturated rings. The van der Waals surface area contributed by atoms with Gasteiger partial charge in [0.2, 0.25) is 0 Å². The molecule has 1 amide bonds. The van der Waals surface area contributed by atoms with Crippen LogP contribution in [0.25, 0.3) is 11.2 Å². The number of carbonyl (C=O) groups excluding carboxylic acids is 2. The molecule has 0 saturated heterocycles. The third kappa shape index (κ3) is 6.66. The molecule has 0 spiro atoms. The summed E-state index contributed by atoms with van der Waals surface area (Å²) in [6, 6.07) is 8.84. The van der Waals surface area contributed by atoms with E-state index in [0.717, 1.165) is 5.56 Å². The van der Waals surface area contributed by atoms with Crippen LogP contribution < -0.4 is 11.1 Å². The summed E-state index contributed by atoms with van der Waals surface area (Å²) in [5.74, 6) is -0.116. The van der Waals surface area contributed by atoms with Crippen LogP contribution in [0.2, 0.25) is 0 Å². The van der Waals surface area contributed by atoms with Crippen molar-refractivity contribution in [3.8, 4) is 0 Å². The number of ether oxygens (including phenoxy) is 2. The van der Waals surface area contributed by atoms with Crippen molar-refractivity contribution in [3.63, 3.8) is 0 Å². The molecule has 2 aromatic heterocycles. The Hall–Kier alpha value is -3.69. The number of amides is 1. The van der Waals surface area contributed by atoms with Gasteiger partial charge in [-0.2, -0.15) is 0 Å². The molecule has 10 heteroatoms. The van der Waals surface area contributed by atoms with Gasteiger partial charge in [-0.3, -0.25) is 4.79 Å². The van der Waals surface area contributed by atoms with Gasteiger partial charge < -0.3 is 25.1 Å². The van der Waals surface area contributed by atoms with Gasteiger partial charge >= 0.3 is 12.1 Å².